The molecule has 0 atom stereocenters. The van der Waals surface area contributed by atoms with Gasteiger partial charge in [-0.3, -0.25) is 4.79 Å². The Labute approximate surface area is 334 Å². The number of nitrogens with zero attached hydrogens (tertiary/aromatic N) is 1. The Kier molecular flexibility index (Phi) is 14.3. The van der Waals surface area contributed by atoms with E-state index in [0.717, 1.165) is 48.7 Å². The summed E-state index contributed by atoms with van der Waals surface area (Å²) in [5.41, 5.74) is 9.75. The second-order valence-electron chi connectivity index (χ2n) is 14.4. The topological polar surface area (TPSA) is 161 Å². The number of rotatable bonds is 12. The summed E-state index contributed by atoms with van der Waals surface area (Å²) in [4.78, 5) is 30.8. The summed E-state index contributed by atoms with van der Waals surface area (Å²) < 4.78 is 17.5. The lowest BCUT2D eigenvalue weighted by molar-refractivity contribution is 0.0947. The standard InChI is InChI=1S/C42H49N7O5.CH4S/c1-42(2,3)27-22-33(43)39(53-5)35(23-27)49-41(51)48-34-12-13-36(31-9-7-6-8-30(31)34)54-29-17-21-45-38(25-29)47-28-10-11-32(37(24-28)52-4)40(50)46-20-16-26-14-18-44-19-15-26;1-2/h6-13,17,21-26,44H,14-16,18-20,43H2,1-5H3,(H,45,47)(H,46,50)(H2,48,49,51);2H,1H3. The minimum absolute atomic E-state index is 0.161. The number of carbonyl (C=O) groups excluding carboxylic acids is 2. The van der Waals surface area contributed by atoms with Gasteiger partial charge in [0.2, 0.25) is 0 Å². The Balaban J connectivity index is 0.00000295. The monoisotopic (exact) mass is 779 g/mol. The number of anilines is 5. The highest BCUT2D eigenvalue weighted by Crippen LogP contribution is 2.38. The molecule has 2 heterocycles. The van der Waals surface area contributed by atoms with Crippen molar-refractivity contribution in [2.75, 3.05) is 61.8 Å². The van der Waals surface area contributed by atoms with Crippen LogP contribution < -0.4 is 46.5 Å². The highest BCUT2D eigenvalue weighted by Gasteiger charge is 2.21. The minimum atomic E-state index is -0.444. The van der Waals surface area contributed by atoms with Crippen molar-refractivity contribution in [1.29, 1.82) is 0 Å². The van der Waals surface area contributed by atoms with Crippen LogP contribution in [0.15, 0.2) is 85.1 Å². The van der Waals surface area contributed by atoms with Crippen molar-refractivity contribution < 1.29 is 23.8 Å². The van der Waals surface area contributed by atoms with Gasteiger partial charge >= 0.3 is 6.03 Å². The largest absolute Gasteiger partial charge is 0.496 e. The van der Waals surface area contributed by atoms with Crippen LogP contribution in [-0.2, 0) is 5.41 Å². The maximum Gasteiger partial charge on any atom is 0.323 e. The number of fused-ring (bicyclic) bond motifs is 1. The molecule has 296 valence electrons. The number of ether oxygens (including phenoxy) is 3. The molecule has 5 aromatic rings. The molecule has 1 aromatic heterocycles. The molecule has 4 aromatic carbocycles. The highest BCUT2D eigenvalue weighted by atomic mass is 32.1. The molecule has 0 unspecified atom stereocenters. The van der Waals surface area contributed by atoms with Crippen molar-refractivity contribution in [3.05, 3.63) is 96.2 Å². The van der Waals surface area contributed by atoms with E-state index in [1.54, 1.807) is 49.9 Å². The van der Waals surface area contributed by atoms with E-state index in [9.17, 15) is 9.59 Å². The van der Waals surface area contributed by atoms with Crippen LogP contribution in [0.3, 0.4) is 0 Å². The molecule has 3 amide bonds. The van der Waals surface area contributed by atoms with Crippen LogP contribution in [0, 0.1) is 5.92 Å². The fourth-order valence-corrected chi connectivity index (χ4v) is 6.58. The molecule has 6 rings (SSSR count). The smallest absolute Gasteiger partial charge is 0.323 e. The molecule has 1 aliphatic rings. The van der Waals surface area contributed by atoms with Crippen molar-refractivity contribution in [3.8, 4) is 23.0 Å². The molecule has 13 heteroatoms. The van der Waals surface area contributed by atoms with Gasteiger partial charge in [0.25, 0.3) is 5.91 Å². The van der Waals surface area contributed by atoms with Crippen LogP contribution >= 0.6 is 12.6 Å². The zero-order valence-electron chi connectivity index (χ0n) is 32.9. The summed E-state index contributed by atoms with van der Waals surface area (Å²) in [6.45, 7) is 8.94. The number of methoxy groups -OCH3 is 2. The molecule has 12 nitrogen and oxygen atoms in total. The first kappa shape index (κ1) is 41.5. The Morgan fingerprint density at radius 3 is 2.32 bits per heavy atom. The molecule has 0 radical (unpaired) electrons. The molecule has 7 N–H and O–H groups in total. The molecule has 1 saturated heterocycles. The minimum Gasteiger partial charge on any atom is -0.496 e. The van der Waals surface area contributed by atoms with Crippen molar-refractivity contribution in [3.63, 3.8) is 0 Å². The van der Waals surface area contributed by atoms with Gasteiger partial charge in [-0.25, -0.2) is 9.78 Å². The Morgan fingerprint density at radius 2 is 1.61 bits per heavy atom. The fourth-order valence-electron chi connectivity index (χ4n) is 6.58. The van der Waals surface area contributed by atoms with Crippen LogP contribution in [-0.4, -0.2) is 57.0 Å². The van der Waals surface area contributed by atoms with E-state index in [0.29, 0.717) is 69.6 Å². The number of hydrogen-bond donors (Lipinski definition) is 7. The van der Waals surface area contributed by atoms with Crippen molar-refractivity contribution in [2.24, 2.45) is 5.92 Å². The molecule has 1 fully saturated rings. The van der Waals surface area contributed by atoms with Crippen LogP contribution in [0.2, 0.25) is 0 Å². The van der Waals surface area contributed by atoms with E-state index in [1.165, 1.54) is 7.11 Å². The lowest BCUT2D eigenvalue weighted by Crippen LogP contribution is -2.31. The molecule has 0 aliphatic carbocycles. The maximum absolute atomic E-state index is 13.3. The third-order valence-electron chi connectivity index (χ3n) is 9.54. The van der Waals surface area contributed by atoms with E-state index in [4.69, 9.17) is 19.9 Å². The van der Waals surface area contributed by atoms with Crippen LogP contribution in [0.25, 0.3) is 10.8 Å². The van der Waals surface area contributed by atoms with Gasteiger partial charge in [-0.1, -0.05) is 45.0 Å². The Morgan fingerprint density at radius 1 is 0.875 bits per heavy atom. The third kappa shape index (κ3) is 10.5. The first-order valence-corrected chi connectivity index (χ1v) is 19.5. The lowest BCUT2D eigenvalue weighted by Gasteiger charge is -2.23. The van der Waals surface area contributed by atoms with Gasteiger partial charge in [0.1, 0.15) is 23.1 Å². The summed E-state index contributed by atoms with van der Waals surface area (Å²) in [5.74, 6) is 3.02. The number of pyridine rings is 1. The molecule has 0 saturated carbocycles. The maximum atomic E-state index is 13.3. The zero-order valence-corrected chi connectivity index (χ0v) is 33.8. The Hall–Kier alpha value is -5.66. The molecular weight excluding hydrogens is 727 g/mol. The number of aromatic nitrogens is 1. The number of nitrogens with one attached hydrogen (secondary N) is 5. The summed E-state index contributed by atoms with van der Waals surface area (Å²) in [6, 6.07) is 23.5. The van der Waals surface area contributed by atoms with Gasteiger partial charge in [0.15, 0.2) is 5.75 Å². The van der Waals surface area contributed by atoms with Gasteiger partial charge in [-0.2, -0.15) is 12.6 Å². The van der Waals surface area contributed by atoms with Crippen LogP contribution in [0.1, 0.15) is 56.0 Å². The summed E-state index contributed by atoms with van der Waals surface area (Å²) in [7, 11) is 3.07. The second kappa shape index (κ2) is 19.3. The zero-order chi connectivity index (χ0) is 40.2. The summed E-state index contributed by atoms with van der Waals surface area (Å²) >= 11 is 3.53. The van der Waals surface area contributed by atoms with E-state index < -0.39 is 6.03 Å². The van der Waals surface area contributed by atoms with Gasteiger partial charge < -0.3 is 46.5 Å². The molecule has 56 heavy (non-hydrogen) atoms. The van der Waals surface area contributed by atoms with E-state index in [1.807, 2.05) is 48.5 Å². The number of nitrogen functional groups attached to an aromatic ring is 1. The number of piperidine rings is 1. The SMILES string of the molecule is COc1cc(Nc2cc(Oc3ccc(NC(=O)Nc4cc(C(C)(C)C)cc(N)c4OC)c4ccccc34)ccn2)ccc1C(=O)NCCC1CCNCC1.CS. The lowest BCUT2D eigenvalue weighted by atomic mass is 9.86. The third-order valence-corrected chi connectivity index (χ3v) is 9.54. The van der Waals surface area contributed by atoms with Gasteiger partial charge in [-0.05, 0) is 98.0 Å². The molecule has 1 aliphatic heterocycles. The average Bonchev–Trinajstić information content (AvgIpc) is 3.19. The number of carbonyl (C=O) groups is 2. The van der Waals surface area contributed by atoms with E-state index in [2.05, 4.69) is 65.0 Å². The van der Waals surface area contributed by atoms with E-state index in [-0.39, 0.29) is 11.3 Å². The van der Waals surface area contributed by atoms with E-state index >= 15 is 0 Å². The van der Waals surface area contributed by atoms with Gasteiger partial charge in [-0.15, -0.1) is 0 Å². The Bertz CT molecular complexity index is 2130. The van der Waals surface area contributed by atoms with Crippen LogP contribution in [0.4, 0.5) is 33.4 Å². The van der Waals surface area contributed by atoms with Crippen molar-refractivity contribution in [2.45, 2.75) is 45.4 Å². The average molecular weight is 780 g/mol. The first-order valence-electron chi connectivity index (χ1n) is 18.6. The first-order chi connectivity index (χ1) is 27.0. The number of benzene rings is 4. The number of amides is 3. The number of thiol groups is 1. The normalized spacial score (nSPS) is 12.8. The van der Waals surface area contributed by atoms with Gasteiger partial charge in [0, 0.05) is 41.3 Å². The quantitative estimate of drug-likeness (QED) is 0.0484. The predicted molar refractivity (Wildman–Crippen MR) is 231 cm³/mol. The van der Waals surface area contributed by atoms with Gasteiger partial charge in [0.05, 0.1) is 36.8 Å². The summed E-state index contributed by atoms with van der Waals surface area (Å²) in [5, 5.41) is 17.2. The van der Waals surface area contributed by atoms with Crippen molar-refractivity contribution >= 4 is 63.9 Å². The summed E-state index contributed by atoms with van der Waals surface area (Å²) in [6.07, 6.45) is 6.59. The van der Waals surface area contributed by atoms with Crippen LogP contribution in [0.5, 0.6) is 23.0 Å². The fraction of sp³-hybridized carbons (Fsp3) is 0.326. The predicted octanol–water partition coefficient (Wildman–Crippen LogP) is 8.98. The number of hydrogen-bond acceptors (Lipinski definition) is 10. The molecule has 0 spiro atoms. The molecular formula is C43H53N7O5S. The van der Waals surface area contributed by atoms with Crippen molar-refractivity contribution in [1.82, 2.24) is 15.6 Å². The number of nitrogens with two attached hydrogens (primary N) is 1. The number of urea groups is 1. The highest BCUT2D eigenvalue weighted by molar-refractivity contribution is 7.79. The molecule has 0 bridgehead atoms. The second-order valence-corrected chi connectivity index (χ2v) is 14.4.